The zero-order valence-electron chi connectivity index (χ0n) is 28.1. The van der Waals surface area contributed by atoms with Crippen LogP contribution < -0.4 is 21.7 Å². The first-order chi connectivity index (χ1) is 22.5. The Morgan fingerprint density at radius 2 is 1.56 bits per heavy atom. The quantitative estimate of drug-likeness (QED) is 0.266. The van der Waals surface area contributed by atoms with Crippen LogP contribution in [0.4, 0.5) is 0 Å². The van der Waals surface area contributed by atoms with Gasteiger partial charge in [0.1, 0.15) is 21.4 Å². The molecule has 1 aliphatic rings. The van der Waals surface area contributed by atoms with Crippen molar-refractivity contribution in [1.29, 1.82) is 0 Å². The van der Waals surface area contributed by atoms with E-state index in [1.54, 1.807) is 15.7 Å². The van der Waals surface area contributed by atoms with E-state index in [1.165, 1.54) is 22.7 Å². The van der Waals surface area contributed by atoms with E-state index in [9.17, 15) is 19.2 Å². The van der Waals surface area contributed by atoms with E-state index >= 15 is 0 Å². The van der Waals surface area contributed by atoms with Crippen LogP contribution in [-0.4, -0.2) is 64.2 Å². The first kappa shape index (κ1) is 39.1. The van der Waals surface area contributed by atoms with E-state index in [0.29, 0.717) is 55.3 Å². The highest BCUT2D eigenvalue weighted by Crippen LogP contribution is 2.27. The van der Waals surface area contributed by atoms with Crippen molar-refractivity contribution in [3.05, 3.63) is 68.1 Å². The number of nitrogens with one attached hydrogen (secondary N) is 3. The maximum absolute atomic E-state index is 13.5. The van der Waals surface area contributed by atoms with Crippen LogP contribution in [0.1, 0.15) is 108 Å². The third-order valence-corrected chi connectivity index (χ3v) is 10.2. The highest BCUT2D eigenvalue weighted by molar-refractivity contribution is 7.10. The molecule has 3 heterocycles. The maximum Gasteiger partial charge on any atom is 0.271 e. The molecule has 0 saturated heterocycles. The Morgan fingerprint density at radius 3 is 2.21 bits per heavy atom. The Kier molecular flexibility index (Phi) is 15.4. The zero-order chi connectivity index (χ0) is 33.9. The van der Waals surface area contributed by atoms with Crippen molar-refractivity contribution >= 4 is 58.7 Å². The fourth-order valence-corrected chi connectivity index (χ4v) is 7.09. The lowest BCUT2D eigenvalue weighted by Crippen LogP contribution is -2.48. The summed E-state index contributed by atoms with van der Waals surface area (Å²) in [5.74, 6) is -0.678. The van der Waals surface area contributed by atoms with E-state index in [1.807, 2.05) is 44.2 Å². The molecule has 48 heavy (non-hydrogen) atoms. The Labute approximate surface area is 297 Å². The summed E-state index contributed by atoms with van der Waals surface area (Å²) in [5, 5.41) is 13.8. The number of fused-ring (bicyclic) bond motifs is 4. The zero-order valence-corrected chi connectivity index (χ0v) is 30.5. The molecule has 2 aromatic heterocycles. The second-order valence-electron chi connectivity index (χ2n) is 12.6. The van der Waals surface area contributed by atoms with E-state index in [-0.39, 0.29) is 71.7 Å². The smallest absolute Gasteiger partial charge is 0.271 e. The number of thiazole rings is 2. The molecule has 3 aromatic rings. The van der Waals surface area contributed by atoms with Gasteiger partial charge in [0.2, 0.25) is 11.8 Å². The van der Waals surface area contributed by atoms with E-state index in [2.05, 4.69) is 39.8 Å². The van der Waals surface area contributed by atoms with E-state index in [0.717, 1.165) is 12.0 Å². The average molecular weight is 718 g/mol. The Hall–Kier alpha value is -3.39. The second-order valence-corrected chi connectivity index (χ2v) is 14.3. The molecule has 0 radical (unpaired) electrons. The second kappa shape index (κ2) is 19.0. The predicted octanol–water partition coefficient (Wildman–Crippen LogP) is 5.05. The summed E-state index contributed by atoms with van der Waals surface area (Å²) in [7, 11) is 0. The first-order valence-corrected chi connectivity index (χ1v) is 18.2. The van der Waals surface area contributed by atoms with Crippen molar-refractivity contribution < 1.29 is 19.2 Å². The number of benzene rings is 1. The van der Waals surface area contributed by atoms with Gasteiger partial charge in [0, 0.05) is 36.8 Å². The number of hydrogen-bond donors (Lipinski definition) is 4. The fourth-order valence-electron chi connectivity index (χ4n) is 5.38. The van der Waals surface area contributed by atoms with Crippen LogP contribution >= 0.6 is 35.1 Å². The normalized spacial score (nSPS) is 19.6. The van der Waals surface area contributed by atoms with Gasteiger partial charge < -0.3 is 26.6 Å². The van der Waals surface area contributed by atoms with Gasteiger partial charge in [-0.1, -0.05) is 64.4 Å². The molecule has 0 saturated carbocycles. The predicted molar refractivity (Wildman–Crippen MR) is 192 cm³/mol. The van der Waals surface area contributed by atoms with Crippen LogP contribution in [0.2, 0.25) is 0 Å². The number of halogens is 1. The van der Waals surface area contributed by atoms with Gasteiger partial charge in [-0.3, -0.25) is 19.2 Å². The van der Waals surface area contributed by atoms with Gasteiger partial charge in [-0.15, -0.1) is 35.1 Å². The Balaban J connectivity index is 0.00000625. The summed E-state index contributed by atoms with van der Waals surface area (Å²) >= 11 is 2.65. The molecule has 11 nitrogen and oxygen atoms in total. The van der Waals surface area contributed by atoms with E-state index in [4.69, 9.17) is 5.73 Å². The number of rotatable bonds is 7. The molecule has 0 fully saturated rings. The maximum atomic E-state index is 13.5. The summed E-state index contributed by atoms with van der Waals surface area (Å²) in [4.78, 5) is 64.1. The number of nitrogens with two attached hydrogens (primary N) is 1. The van der Waals surface area contributed by atoms with Gasteiger partial charge in [0.05, 0.1) is 18.1 Å². The number of nitrogens with zero attached hydrogens (tertiary/aromatic N) is 3. The number of hydrogen-bond acceptors (Lipinski definition) is 9. The average Bonchev–Trinajstić information content (AvgIpc) is 3.75. The third kappa shape index (κ3) is 11.1. The molecule has 4 bridgehead atoms. The van der Waals surface area contributed by atoms with Crippen LogP contribution in [0.3, 0.4) is 0 Å². The summed E-state index contributed by atoms with van der Waals surface area (Å²) in [6, 6.07) is 8.30. The molecule has 1 aromatic carbocycles. The molecule has 4 atom stereocenters. The molecule has 0 spiro atoms. The SMILES string of the molecule is CC[C@@H](C)[C@@H](N)C(=O)N1CCCNC(=O)c2csc(n2)[C@H](Cc2ccccc2)NC(=O)c2csc(n2)C(CC(C)C)NC(=O)CCC1.Cl. The van der Waals surface area contributed by atoms with Crippen molar-refractivity contribution in [3.8, 4) is 0 Å². The summed E-state index contributed by atoms with van der Waals surface area (Å²) in [6.07, 6.45) is 3.11. The summed E-state index contributed by atoms with van der Waals surface area (Å²) in [5.41, 5.74) is 7.86. The van der Waals surface area contributed by atoms with Crippen LogP contribution in [0.5, 0.6) is 0 Å². The van der Waals surface area contributed by atoms with Gasteiger partial charge >= 0.3 is 0 Å². The van der Waals surface area contributed by atoms with Crippen LogP contribution in [0.25, 0.3) is 0 Å². The molecule has 0 aliphatic carbocycles. The largest absolute Gasteiger partial charge is 0.351 e. The van der Waals surface area contributed by atoms with Crippen molar-refractivity contribution in [1.82, 2.24) is 30.8 Å². The van der Waals surface area contributed by atoms with Crippen LogP contribution in [0, 0.1) is 11.8 Å². The van der Waals surface area contributed by atoms with Gasteiger partial charge in [-0.2, -0.15) is 0 Å². The number of carbonyl (C=O) groups is 4. The van der Waals surface area contributed by atoms with Crippen molar-refractivity contribution in [2.24, 2.45) is 17.6 Å². The molecule has 4 amide bonds. The molecule has 1 unspecified atom stereocenters. The summed E-state index contributed by atoms with van der Waals surface area (Å²) < 4.78 is 0. The lowest BCUT2D eigenvalue weighted by molar-refractivity contribution is -0.134. The first-order valence-electron chi connectivity index (χ1n) is 16.4. The standard InChI is InChI=1S/C34H47N7O4S2.ClH/c1-5-22(4)29(35)34(45)41-15-9-13-28(42)37-24(17-21(2)3)32-40-27(20-47-32)31(44)38-25(18-23-11-7-6-8-12-23)33-39-26(19-46-33)30(43)36-14-10-16-41;/h6-8,11-12,19-22,24-25,29H,5,9-10,13-18,35H2,1-4H3,(H,36,43)(H,37,42)(H,38,44);1H/t22-,24?,25+,29-;/m1./s1. The third-order valence-electron chi connectivity index (χ3n) is 8.31. The van der Waals surface area contributed by atoms with Crippen molar-refractivity contribution in [2.45, 2.75) is 84.3 Å². The minimum atomic E-state index is -0.638. The molecule has 262 valence electrons. The molecule has 4 rings (SSSR count). The lowest BCUT2D eigenvalue weighted by atomic mass is 9.98. The monoisotopic (exact) mass is 717 g/mol. The minimum Gasteiger partial charge on any atom is -0.351 e. The lowest BCUT2D eigenvalue weighted by Gasteiger charge is -2.28. The number of carbonyl (C=O) groups excluding carboxylic acids is 4. The van der Waals surface area contributed by atoms with Crippen LogP contribution in [0.15, 0.2) is 41.1 Å². The molecule has 1 aliphatic heterocycles. The minimum absolute atomic E-state index is 0. The fraction of sp³-hybridized carbons (Fsp3) is 0.529. The van der Waals surface area contributed by atoms with Crippen molar-refractivity contribution in [2.75, 3.05) is 19.6 Å². The molecular weight excluding hydrogens is 670 g/mol. The molecule has 14 heteroatoms. The Bertz CT molecular complexity index is 1500. The van der Waals surface area contributed by atoms with Gasteiger partial charge in [-0.05, 0) is 43.1 Å². The molecular formula is C34H48ClN7O4S2. The van der Waals surface area contributed by atoms with Crippen molar-refractivity contribution in [3.63, 3.8) is 0 Å². The molecule has 5 N–H and O–H groups in total. The van der Waals surface area contributed by atoms with Gasteiger partial charge in [0.25, 0.3) is 11.8 Å². The highest BCUT2D eigenvalue weighted by Gasteiger charge is 2.27. The topological polar surface area (TPSA) is 159 Å². The van der Waals surface area contributed by atoms with Crippen LogP contribution in [-0.2, 0) is 16.0 Å². The summed E-state index contributed by atoms with van der Waals surface area (Å²) in [6.45, 7) is 9.22. The van der Waals surface area contributed by atoms with Gasteiger partial charge in [0.15, 0.2) is 0 Å². The highest BCUT2D eigenvalue weighted by atomic mass is 35.5. The van der Waals surface area contributed by atoms with Gasteiger partial charge in [-0.25, -0.2) is 9.97 Å². The van der Waals surface area contributed by atoms with E-state index < -0.39 is 12.1 Å². The Morgan fingerprint density at radius 1 is 0.938 bits per heavy atom. The number of amides is 4. The number of aromatic nitrogens is 2.